The van der Waals surface area contributed by atoms with Crippen molar-refractivity contribution in [3.05, 3.63) is 72.1 Å². The van der Waals surface area contributed by atoms with Crippen molar-refractivity contribution in [2.24, 2.45) is 4.99 Å². The Morgan fingerprint density at radius 1 is 1.03 bits per heavy atom. The van der Waals surface area contributed by atoms with E-state index in [2.05, 4.69) is 75.6 Å². The monoisotopic (exact) mass is 440 g/mol. The number of nitrogens with one attached hydrogen (secondary N) is 3. The molecular formula is C27H32N6. The second-order valence-electron chi connectivity index (χ2n) is 8.63. The first-order valence-electron chi connectivity index (χ1n) is 11.4. The highest BCUT2D eigenvalue weighted by Crippen LogP contribution is 2.25. The van der Waals surface area contributed by atoms with Gasteiger partial charge in [0.2, 0.25) is 0 Å². The zero-order valence-electron chi connectivity index (χ0n) is 19.7. The van der Waals surface area contributed by atoms with Crippen LogP contribution < -0.4 is 16.0 Å². The van der Waals surface area contributed by atoms with Crippen LogP contribution in [0.1, 0.15) is 37.8 Å². The highest BCUT2D eigenvalue weighted by atomic mass is 15.0. The van der Waals surface area contributed by atoms with E-state index in [1.807, 2.05) is 30.7 Å². The van der Waals surface area contributed by atoms with E-state index in [0.29, 0.717) is 6.04 Å². The predicted octanol–water partition coefficient (Wildman–Crippen LogP) is 5.37. The molecule has 0 saturated carbocycles. The van der Waals surface area contributed by atoms with Crippen LogP contribution in [-0.4, -0.2) is 42.4 Å². The van der Waals surface area contributed by atoms with Gasteiger partial charge in [-0.1, -0.05) is 24.3 Å². The van der Waals surface area contributed by atoms with Gasteiger partial charge in [0.15, 0.2) is 0 Å². The van der Waals surface area contributed by atoms with Crippen molar-refractivity contribution in [3.8, 4) is 0 Å². The molecule has 3 aromatic rings. The minimum Gasteiger partial charge on any atom is -0.367 e. The number of allylic oxidation sites excluding steroid dienone is 2. The van der Waals surface area contributed by atoms with Crippen LogP contribution in [0.15, 0.2) is 65.9 Å². The number of rotatable bonds is 7. The van der Waals surface area contributed by atoms with Gasteiger partial charge >= 0.3 is 0 Å². The second-order valence-corrected chi connectivity index (χ2v) is 8.63. The summed E-state index contributed by atoms with van der Waals surface area (Å²) in [5.74, 6) is 1.64. The fraction of sp³-hybridized carbons (Fsp3) is 0.296. The SMILES string of the molecule is C=C(Nc1cc2cc(C(/C=N\C)=C(C)C)ccc2cn1)c1ccnc(NC2CCNCC2)c1. The van der Waals surface area contributed by atoms with Crippen molar-refractivity contribution in [1.29, 1.82) is 0 Å². The van der Waals surface area contributed by atoms with Crippen molar-refractivity contribution < 1.29 is 0 Å². The molecule has 1 fully saturated rings. The van der Waals surface area contributed by atoms with Gasteiger partial charge in [0.25, 0.3) is 0 Å². The van der Waals surface area contributed by atoms with Crippen molar-refractivity contribution in [2.75, 3.05) is 30.8 Å². The first-order chi connectivity index (χ1) is 16.0. The molecule has 1 aliphatic rings. The highest BCUT2D eigenvalue weighted by molar-refractivity contribution is 6.11. The quantitative estimate of drug-likeness (QED) is 0.431. The molecule has 0 unspecified atom stereocenters. The Morgan fingerprint density at radius 3 is 2.61 bits per heavy atom. The molecule has 33 heavy (non-hydrogen) atoms. The fourth-order valence-electron chi connectivity index (χ4n) is 4.10. The van der Waals surface area contributed by atoms with Gasteiger partial charge in [0.1, 0.15) is 11.6 Å². The third-order valence-electron chi connectivity index (χ3n) is 5.91. The van der Waals surface area contributed by atoms with Crippen LogP contribution in [0.2, 0.25) is 0 Å². The number of hydrogen-bond acceptors (Lipinski definition) is 6. The summed E-state index contributed by atoms with van der Waals surface area (Å²) in [4.78, 5) is 13.3. The van der Waals surface area contributed by atoms with Crippen molar-refractivity contribution >= 4 is 39.9 Å². The summed E-state index contributed by atoms with van der Waals surface area (Å²) in [6, 6.07) is 12.9. The lowest BCUT2D eigenvalue weighted by Crippen LogP contribution is -2.35. The maximum absolute atomic E-state index is 4.59. The number of aliphatic imine (C=N–C) groups is 1. The number of pyridine rings is 2. The average Bonchev–Trinajstić information content (AvgIpc) is 2.82. The van der Waals surface area contributed by atoms with Crippen LogP contribution in [0, 0.1) is 0 Å². The zero-order chi connectivity index (χ0) is 23.2. The Balaban J connectivity index is 1.53. The summed E-state index contributed by atoms with van der Waals surface area (Å²) in [5.41, 5.74) is 5.29. The predicted molar refractivity (Wildman–Crippen MR) is 141 cm³/mol. The van der Waals surface area contributed by atoms with Crippen LogP contribution >= 0.6 is 0 Å². The van der Waals surface area contributed by atoms with E-state index in [4.69, 9.17) is 0 Å². The van der Waals surface area contributed by atoms with Crippen LogP contribution in [-0.2, 0) is 0 Å². The molecule has 0 aliphatic carbocycles. The van der Waals surface area contributed by atoms with Gasteiger partial charge in [-0.3, -0.25) is 4.99 Å². The van der Waals surface area contributed by atoms with Gasteiger partial charge in [-0.15, -0.1) is 0 Å². The molecule has 6 nitrogen and oxygen atoms in total. The molecule has 170 valence electrons. The smallest absolute Gasteiger partial charge is 0.130 e. The summed E-state index contributed by atoms with van der Waals surface area (Å²) in [7, 11) is 1.80. The Bertz CT molecular complexity index is 1200. The topological polar surface area (TPSA) is 74.2 Å². The number of benzene rings is 1. The third-order valence-corrected chi connectivity index (χ3v) is 5.91. The zero-order valence-corrected chi connectivity index (χ0v) is 19.7. The molecule has 1 aliphatic heterocycles. The Morgan fingerprint density at radius 2 is 1.85 bits per heavy atom. The molecule has 0 atom stereocenters. The van der Waals surface area contributed by atoms with Crippen LogP contribution in [0.3, 0.4) is 0 Å². The van der Waals surface area contributed by atoms with E-state index >= 15 is 0 Å². The van der Waals surface area contributed by atoms with Crippen molar-refractivity contribution in [3.63, 3.8) is 0 Å². The van der Waals surface area contributed by atoms with E-state index in [-0.39, 0.29) is 0 Å². The minimum atomic E-state index is 0.454. The third kappa shape index (κ3) is 5.65. The lowest BCUT2D eigenvalue weighted by Gasteiger charge is -2.24. The van der Waals surface area contributed by atoms with Crippen LogP contribution in [0.25, 0.3) is 22.0 Å². The minimum absolute atomic E-state index is 0.454. The first-order valence-corrected chi connectivity index (χ1v) is 11.4. The number of fused-ring (bicyclic) bond motifs is 1. The van der Waals surface area contributed by atoms with Crippen molar-refractivity contribution in [2.45, 2.75) is 32.7 Å². The molecule has 1 saturated heterocycles. The molecule has 0 bridgehead atoms. The number of piperidine rings is 1. The normalized spacial score (nSPS) is 14.4. The van der Waals surface area contributed by atoms with E-state index in [9.17, 15) is 0 Å². The van der Waals surface area contributed by atoms with E-state index in [1.165, 1.54) is 5.57 Å². The molecule has 6 heteroatoms. The van der Waals surface area contributed by atoms with Gasteiger partial charge < -0.3 is 16.0 Å². The largest absolute Gasteiger partial charge is 0.367 e. The van der Waals surface area contributed by atoms with Gasteiger partial charge in [-0.05, 0) is 80.6 Å². The molecule has 3 heterocycles. The molecule has 1 aromatic carbocycles. The van der Waals surface area contributed by atoms with Crippen molar-refractivity contribution in [1.82, 2.24) is 15.3 Å². The summed E-state index contributed by atoms with van der Waals surface area (Å²) >= 11 is 0. The second kappa shape index (κ2) is 10.4. The number of aromatic nitrogens is 2. The van der Waals surface area contributed by atoms with E-state index in [0.717, 1.165) is 70.7 Å². The summed E-state index contributed by atoms with van der Waals surface area (Å²) in [5, 5.41) is 12.5. The summed E-state index contributed by atoms with van der Waals surface area (Å²) in [6.07, 6.45) is 7.83. The average molecular weight is 441 g/mol. The van der Waals surface area contributed by atoms with Crippen LogP contribution in [0.4, 0.5) is 11.6 Å². The molecule has 4 rings (SSSR count). The Hall–Kier alpha value is -3.51. The van der Waals surface area contributed by atoms with Gasteiger partial charge in [-0.2, -0.15) is 0 Å². The molecule has 0 spiro atoms. The molecular weight excluding hydrogens is 408 g/mol. The van der Waals surface area contributed by atoms with Gasteiger partial charge in [-0.25, -0.2) is 9.97 Å². The van der Waals surface area contributed by atoms with E-state index in [1.54, 1.807) is 7.05 Å². The molecule has 0 amide bonds. The molecule has 0 radical (unpaired) electrons. The summed E-state index contributed by atoms with van der Waals surface area (Å²) in [6.45, 7) is 10.5. The highest BCUT2D eigenvalue weighted by Gasteiger charge is 2.13. The maximum Gasteiger partial charge on any atom is 0.130 e. The van der Waals surface area contributed by atoms with Gasteiger partial charge in [0.05, 0.1) is 0 Å². The number of hydrogen-bond donors (Lipinski definition) is 3. The van der Waals surface area contributed by atoms with Gasteiger partial charge in [0, 0.05) is 48.3 Å². The van der Waals surface area contributed by atoms with E-state index < -0.39 is 0 Å². The lowest BCUT2D eigenvalue weighted by molar-refractivity contribution is 0.478. The standard InChI is InChI=1S/C27H32N6/c1-18(2)25(17-28-4)21-5-6-22-16-31-27(15-23(22)13-21)32-19(3)20-7-12-30-26(14-20)33-24-8-10-29-11-9-24/h5-7,12-17,24,29H,3,8-11H2,1-2,4H3,(H,30,33)(H,31,32)/b28-17-. The number of nitrogens with zero attached hydrogens (tertiary/aromatic N) is 3. The molecule has 3 N–H and O–H groups in total. The Labute approximate surface area is 196 Å². The van der Waals surface area contributed by atoms with Crippen LogP contribution in [0.5, 0.6) is 0 Å². The molecule has 2 aromatic heterocycles. The first kappa shape index (κ1) is 22.7. The fourth-order valence-corrected chi connectivity index (χ4v) is 4.10. The number of anilines is 2. The summed E-state index contributed by atoms with van der Waals surface area (Å²) < 4.78 is 0. The Kier molecular flexibility index (Phi) is 7.15. The lowest BCUT2D eigenvalue weighted by atomic mass is 9.99. The maximum atomic E-state index is 4.59.